The first-order chi connectivity index (χ1) is 17.7. The standard InChI is InChI=1S/C28H33ClF3NO5/c1-19(18-29)16-23(22(17-20-12-8-6-9-13-20)33-25(35)38-26(2,3)4)37-24(34)27(36-5,28(30,31)32)21-14-10-7-11-15-21/h6-15,22-23H,1,16-18H2,2-5H3,(H,33,35)/t22-,23-,27+/m0/s1. The van der Waals surface area contributed by atoms with Gasteiger partial charge in [0.1, 0.15) is 11.7 Å². The predicted octanol–water partition coefficient (Wildman–Crippen LogP) is 6.32. The molecular weight excluding hydrogens is 523 g/mol. The van der Waals surface area contributed by atoms with Crippen molar-refractivity contribution in [3.8, 4) is 0 Å². The Morgan fingerprint density at radius 3 is 2.03 bits per heavy atom. The monoisotopic (exact) mass is 555 g/mol. The third-order valence-electron chi connectivity index (χ3n) is 5.56. The number of nitrogens with one attached hydrogen (secondary N) is 1. The lowest BCUT2D eigenvalue weighted by Crippen LogP contribution is -2.55. The summed E-state index contributed by atoms with van der Waals surface area (Å²) in [5.41, 5.74) is -3.57. The van der Waals surface area contributed by atoms with Crippen LogP contribution in [0.2, 0.25) is 0 Å². The van der Waals surface area contributed by atoms with Crippen molar-refractivity contribution >= 4 is 23.7 Å². The topological polar surface area (TPSA) is 73.9 Å². The molecule has 0 heterocycles. The van der Waals surface area contributed by atoms with Crippen LogP contribution in [0.1, 0.15) is 38.3 Å². The van der Waals surface area contributed by atoms with Gasteiger partial charge in [-0.2, -0.15) is 13.2 Å². The van der Waals surface area contributed by atoms with Crippen molar-refractivity contribution in [2.75, 3.05) is 13.0 Å². The molecule has 2 aromatic rings. The van der Waals surface area contributed by atoms with Crippen molar-refractivity contribution in [1.82, 2.24) is 5.32 Å². The van der Waals surface area contributed by atoms with Gasteiger partial charge in [-0.15, -0.1) is 11.6 Å². The summed E-state index contributed by atoms with van der Waals surface area (Å²) in [6.07, 6.45) is -7.28. The molecule has 3 atom stereocenters. The Labute approximate surface area is 226 Å². The molecule has 208 valence electrons. The van der Waals surface area contributed by atoms with Crippen LogP contribution in [0, 0.1) is 0 Å². The number of carbonyl (C=O) groups is 2. The van der Waals surface area contributed by atoms with Gasteiger partial charge < -0.3 is 19.5 Å². The first kappa shape index (κ1) is 31.2. The van der Waals surface area contributed by atoms with Gasteiger partial charge in [0.15, 0.2) is 0 Å². The minimum absolute atomic E-state index is 0.0358. The van der Waals surface area contributed by atoms with E-state index < -0.39 is 47.2 Å². The molecule has 0 saturated heterocycles. The van der Waals surface area contributed by atoms with Crippen molar-refractivity contribution < 1.29 is 37.0 Å². The number of esters is 1. The molecule has 38 heavy (non-hydrogen) atoms. The minimum Gasteiger partial charge on any atom is -0.457 e. The molecule has 2 rings (SSSR count). The number of halogens is 4. The molecule has 6 nitrogen and oxygen atoms in total. The van der Waals surface area contributed by atoms with Crippen LogP contribution < -0.4 is 5.32 Å². The van der Waals surface area contributed by atoms with Gasteiger partial charge in [0, 0.05) is 25.0 Å². The van der Waals surface area contributed by atoms with Crippen LogP contribution >= 0.6 is 11.6 Å². The van der Waals surface area contributed by atoms with Crippen LogP contribution in [0.5, 0.6) is 0 Å². The Bertz CT molecular complexity index is 1070. The summed E-state index contributed by atoms with van der Waals surface area (Å²) >= 11 is 5.92. The fourth-order valence-electron chi connectivity index (χ4n) is 3.81. The third kappa shape index (κ3) is 8.23. The molecule has 10 heteroatoms. The zero-order valence-corrected chi connectivity index (χ0v) is 22.6. The molecule has 0 bridgehead atoms. The normalized spacial score (nSPS) is 15.1. The summed E-state index contributed by atoms with van der Waals surface area (Å²) < 4.78 is 59.2. The van der Waals surface area contributed by atoms with Crippen molar-refractivity contribution in [1.29, 1.82) is 0 Å². The Hall–Kier alpha value is -3.04. The summed E-state index contributed by atoms with van der Waals surface area (Å²) in [4.78, 5) is 26.1. The second kappa shape index (κ2) is 13.2. The van der Waals surface area contributed by atoms with Gasteiger partial charge in [0.2, 0.25) is 0 Å². The summed E-state index contributed by atoms with van der Waals surface area (Å²) in [6, 6.07) is 14.4. The number of benzene rings is 2. The average Bonchev–Trinajstić information content (AvgIpc) is 2.83. The maximum absolute atomic E-state index is 14.5. The van der Waals surface area contributed by atoms with Crippen molar-refractivity contribution in [3.63, 3.8) is 0 Å². The Morgan fingerprint density at radius 2 is 1.55 bits per heavy atom. The Balaban J connectivity index is 2.53. The molecule has 0 unspecified atom stereocenters. The van der Waals surface area contributed by atoms with E-state index in [-0.39, 0.29) is 18.7 Å². The van der Waals surface area contributed by atoms with Gasteiger partial charge in [-0.3, -0.25) is 0 Å². The zero-order chi connectivity index (χ0) is 28.6. The van der Waals surface area contributed by atoms with Gasteiger partial charge in [-0.1, -0.05) is 72.8 Å². The van der Waals surface area contributed by atoms with E-state index in [9.17, 15) is 22.8 Å². The summed E-state index contributed by atoms with van der Waals surface area (Å²) in [5.74, 6) is -1.72. The molecule has 0 saturated carbocycles. The lowest BCUT2D eigenvalue weighted by molar-refractivity contribution is -0.278. The Morgan fingerprint density at radius 1 is 1.00 bits per heavy atom. The van der Waals surface area contributed by atoms with E-state index in [1.165, 1.54) is 18.2 Å². The second-order valence-corrected chi connectivity index (χ2v) is 9.99. The molecule has 0 spiro atoms. The van der Waals surface area contributed by atoms with Crippen LogP contribution in [0.4, 0.5) is 18.0 Å². The van der Waals surface area contributed by atoms with Crippen LogP contribution in [-0.4, -0.2) is 49.0 Å². The number of rotatable bonds is 11. The van der Waals surface area contributed by atoms with Crippen molar-refractivity contribution in [2.24, 2.45) is 0 Å². The molecule has 1 N–H and O–H groups in total. The van der Waals surface area contributed by atoms with E-state index in [1.807, 2.05) is 0 Å². The summed E-state index contributed by atoms with van der Waals surface area (Å²) in [5, 5.41) is 2.66. The number of alkyl halides is 4. The molecule has 0 aromatic heterocycles. The highest BCUT2D eigenvalue weighted by atomic mass is 35.5. The molecule has 0 fully saturated rings. The maximum Gasteiger partial charge on any atom is 0.432 e. The van der Waals surface area contributed by atoms with E-state index in [0.717, 1.165) is 24.8 Å². The van der Waals surface area contributed by atoms with Gasteiger partial charge in [0.25, 0.3) is 5.60 Å². The Kier molecular flexibility index (Phi) is 10.8. The van der Waals surface area contributed by atoms with Crippen LogP contribution in [0.25, 0.3) is 0 Å². The van der Waals surface area contributed by atoms with Gasteiger partial charge >= 0.3 is 18.2 Å². The molecule has 2 aromatic carbocycles. The van der Waals surface area contributed by atoms with E-state index in [1.54, 1.807) is 51.1 Å². The molecule has 0 radical (unpaired) electrons. The highest BCUT2D eigenvalue weighted by Gasteiger charge is 2.64. The van der Waals surface area contributed by atoms with E-state index in [2.05, 4.69) is 11.9 Å². The summed E-state index contributed by atoms with van der Waals surface area (Å²) in [7, 11) is 0.787. The van der Waals surface area contributed by atoms with Gasteiger partial charge in [-0.05, 0) is 32.8 Å². The number of hydrogen-bond donors (Lipinski definition) is 1. The van der Waals surface area contributed by atoms with Crippen molar-refractivity contribution in [2.45, 2.75) is 63.1 Å². The smallest absolute Gasteiger partial charge is 0.432 e. The van der Waals surface area contributed by atoms with Crippen LogP contribution in [-0.2, 0) is 31.0 Å². The number of hydrogen-bond acceptors (Lipinski definition) is 5. The fraction of sp³-hybridized carbons (Fsp3) is 0.429. The predicted molar refractivity (Wildman–Crippen MR) is 139 cm³/mol. The average molecular weight is 556 g/mol. The SMILES string of the molecule is C=C(CCl)C[C@H](OC(=O)[C@](OC)(c1ccccc1)C(F)(F)F)[C@H](Cc1ccccc1)NC(=O)OC(C)(C)C. The van der Waals surface area contributed by atoms with Gasteiger partial charge in [-0.25, -0.2) is 9.59 Å². The quantitative estimate of drug-likeness (QED) is 0.199. The molecule has 0 aliphatic rings. The number of amides is 1. The van der Waals surface area contributed by atoms with E-state index in [4.69, 9.17) is 25.8 Å². The first-order valence-corrected chi connectivity index (χ1v) is 12.4. The first-order valence-electron chi connectivity index (χ1n) is 11.9. The summed E-state index contributed by atoms with van der Waals surface area (Å²) in [6.45, 7) is 8.82. The zero-order valence-electron chi connectivity index (χ0n) is 21.8. The van der Waals surface area contributed by atoms with Crippen LogP contribution in [0.3, 0.4) is 0 Å². The number of methoxy groups -OCH3 is 1. The minimum atomic E-state index is -5.16. The largest absolute Gasteiger partial charge is 0.457 e. The van der Waals surface area contributed by atoms with Crippen molar-refractivity contribution in [3.05, 3.63) is 83.9 Å². The molecular formula is C28H33ClF3NO5. The highest BCUT2D eigenvalue weighted by Crippen LogP contribution is 2.43. The third-order valence-corrected chi connectivity index (χ3v) is 5.94. The number of carbonyl (C=O) groups excluding carboxylic acids is 2. The fourth-order valence-corrected chi connectivity index (χ4v) is 3.92. The second-order valence-electron chi connectivity index (χ2n) is 9.72. The van der Waals surface area contributed by atoms with E-state index >= 15 is 0 Å². The van der Waals surface area contributed by atoms with Crippen LogP contribution in [0.15, 0.2) is 72.8 Å². The van der Waals surface area contributed by atoms with Gasteiger partial charge in [0.05, 0.1) is 6.04 Å². The lowest BCUT2D eigenvalue weighted by Gasteiger charge is -2.36. The molecule has 0 aliphatic carbocycles. The lowest BCUT2D eigenvalue weighted by atomic mass is 9.92. The molecule has 0 aliphatic heterocycles. The maximum atomic E-state index is 14.5. The number of alkyl carbamates (subject to hydrolysis) is 1. The van der Waals surface area contributed by atoms with E-state index in [0.29, 0.717) is 5.57 Å². The highest BCUT2D eigenvalue weighted by molar-refractivity contribution is 6.19. The number of ether oxygens (including phenoxy) is 3. The molecule has 1 amide bonds.